The van der Waals surface area contributed by atoms with E-state index in [1.807, 2.05) is 48.7 Å². The highest BCUT2D eigenvalue weighted by Gasteiger charge is 2.15. The smallest absolute Gasteiger partial charge is 0.307 e. The molecule has 0 saturated heterocycles. The zero-order valence-corrected chi connectivity index (χ0v) is 21.1. The molecule has 0 bridgehead atoms. The topological polar surface area (TPSA) is 112 Å². The highest BCUT2D eigenvalue weighted by atomic mass is 19.1. The van der Waals surface area contributed by atoms with Gasteiger partial charge < -0.3 is 13.7 Å². The lowest BCUT2D eigenvalue weighted by Gasteiger charge is -2.12. The minimum Gasteiger partial charge on any atom is -0.489 e. The standard InChI is InChI=1S/C29H23FN4O5/c1-18-13-22(16-31-32-29(35)28-15-21-14-24(34(36)37)9-12-27(21)39-28)19(2)33(18)23-7-10-25(11-8-23)38-17-20-5-3-4-6-26(20)30/h3-16H,17H2,1-2H3,(H,32,35)/b31-16+. The summed E-state index contributed by atoms with van der Waals surface area (Å²) < 4.78 is 27.1. The average molecular weight is 527 g/mol. The molecule has 0 aliphatic rings. The molecule has 0 unspecified atom stereocenters. The molecule has 39 heavy (non-hydrogen) atoms. The van der Waals surface area contributed by atoms with E-state index < -0.39 is 10.8 Å². The molecule has 2 aromatic heterocycles. The lowest BCUT2D eigenvalue weighted by molar-refractivity contribution is -0.384. The van der Waals surface area contributed by atoms with E-state index in [0.29, 0.717) is 22.3 Å². The van der Waals surface area contributed by atoms with E-state index in [2.05, 4.69) is 10.5 Å². The Hall–Kier alpha value is -5.25. The fourth-order valence-corrected chi connectivity index (χ4v) is 4.26. The Kier molecular flexibility index (Phi) is 6.92. The molecule has 0 spiro atoms. The van der Waals surface area contributed by atoms with Gasteiger partial charge in [0, 0.05) is 45.7 Å². The van der Waals surface area contributed by atoms with Gasteiger partial charge in [-0.15, -0.1) is 0 Å². The highest BCUT2D eigenvalue weighted by Crippen LogP contribution is 2.25. The number of carbonyl (C=O) groups is 1. The van der Waals surface area contributed by atoms with Crippen molar-refractivity contribution in [2.75, 3.05) is 0 Å². The summed E-state index contributed by atoms with van der Waals surface area (Å²) in [4.78, 5) is 23.0. The number of nitrogens with zero attached hydrogens (tertiary/aromatic N) is 3. The first-order valence-corrected chi connectivity index (χ1v) is 12.0. The number of carbonyl (C=O) groups excluding carboxylic acids is 1. The third-order valence-corrected chi connectivity index (χ3v) is 6.22. The number of aromatic nitrogens is 1. The van der Waals surface area contributed by atoms with Crippen molar-refractivity contribution < 1.29 is 23.3 Å². The maximum atomic E-state index is 13.8. The van der Waals surface area contributed by atoms with E-state index >= 15 is 0 Å². The number of fused-ring (bicyclic) bond motifs is 1. The fourth-order valence-electron chi connectivity index (χ4n) is 4.26. The maximum Gasteiger partial charge on any atom is 0.307 e. The number of ether oxygens (including phenoxy) is 1. The average Bonchev–Trinajstić information content (AvgIpc) is 3.48. The van der Waals surface area contributed by atoms with Gasteiger partial charge in [0.1, 0.15) is 23.8 Å². The number of nitro benzene ring substituents is 1. The Morgan fingerprint density at radius 3 is 2.62 bits per heavy atom. The van der Waals surface area contributed by atoms with Crippen LogP contribution in [0.1, 0.15) is 33.1 Å². The van der Waals surface area contributed by atoms with Crippen LogP contribution < -0.4 is 10.2 Å². The van der Waals surface area contributed by atoms with Gasteiger partial charge in [0.05, 0.1) is 11.1 Å². The number of rotatable bonds is 8. The van der Waals surface area contributed by atoms with Crippen molar-refractivity contribution in [3.05, 3.63) is 123 Å². The third kappa shape index (κ3) is 5.40. The van der Waals surface area contributed by atoms with Gasteiger partial charge in [0.15, 0.2) is 5.76 Å². The normalized spacial score (nSPS) is 11.3. The Bertz CT molecular complexity index is 1720. The molecule has 0 atom stereocenters. The number of hydrazone groups is 1. The Morgan fingerprint density at radius 2 is 1.87 bits per heavy atom. The zero-order valence-electron chi connectivity index (χ0n) is 21.1. The number of nitro groups is 1. The molecule has 0 aliphatic carbocycles. The van der Waals surface area contributed by atoms with E-state index in [1.165, 1.54) is 36.5 Å². The summed E-state index contributed by atoms with van der Waals surface area (Å²) in [5, 5.41) is 15.5. The molecule has 5 aromatic rings. The number of nitrogens with one attached hydrogen (secondary N) is 1. The highest BCUT2D eigenvalue weighted by molar-refractivity contribution is 5.97. The van der Waals surface area contributed by atoms with E-state index in [4.69, 9.17) is 9.15 Å². The Morgan fingerprint density at radius 1 is 1.10 bits per heavy atom. The van der Waals surface area contributed by atoms with Crippen LogP contribution in [0, 0.1) is 29.8 Å². The molecular weight excluding hydrogens is 503 g/mol. The van der Waals surface area contributed by atoms with Crippen LogP contribution in [0.25, 0.3) is 16.7 Å². The molecule has 3 aromatic carbocycles. The molecule has 0 aliphatic heterocycles. The van der Waals surface area contributed by atoms with Crippen LogP contribution in [-0.4, -0.2) is 21.6 Å². The SMILES string of the molecule is Cc1cc(/C=N/NC(=O)c2cc3cc([N+](=O)[O-])ccc3o2)c(C)n1-c1ccc(OCc2ccccc2F)cc1. The first-order chi connectivity index (χ1) is 18.8. The zero-order chi connectivity index (χ0) is 27.5. The molecule has 1 amide bonds. The number of aryl methyl sites for hydroxylation is 1. The van der Waals surface area contributed by atoms with Crippen molar-refractivity contribution in [2.24, 2.45) is 5.10 Å². The predicted octanol–water partition coefficient (Wildman–Crippen LogP) is 6.23. The first kappa shape index (κ1) is 25.4. The van der Waals surface area contributed by atoms with Gasteiger partial charge in [-0.2, -0.15) is 5.10 Å². The van der Waals surface area contributed by atoms with Crippen LogP contribution >= 0.6 is 0 Å². The molecule has 2 heterocycles. The number of hydrogen-bond acceptors (Lipinski definition) is 6. The lowest BCUT2D eigenvalue weighted by atomic mass is 10.2. The van der Waals surface area contributed by atoms with Crippen LogP contribution in [0.4, 0.5) is 10.1 Å². The number of benzene rings is 3. The molecule has 10 heteroatoms. The molecule has 0 saturated carbocycles. The quantitative estimate of drug-likeness (QED) is 0.146. The number of non-ortho nitro benzene ring substituents is 1. The van der Waals surface area contributed by atoms with Crippen LogP contribution in [0.3, 0.4) is 0 Å². The van der Waals surface area contributed by atoms with E-state index in [0.717, 1.165) is 22.6 Å². The number of hydrogen-bond donors (Lipinski definition) is 1. The summed E-state index contributed by atoms with van der Waals surface area (Å²) in [6.07, 6.45) is 1.54. The molecule has 0 radical (unpaired) electrons. The van der Waals surface area contributed by atoms with E-state index in [1.54, 1.807) is 18.2 Å². The van der Waals surface area contributed by atoms with Crippen molar-refractivity contribution in [1.82, 2.24) is 9.99 Å². The van der Waals surface area contributed by atoms with Gasteiger partial charge in [0.25, 0.3) is 5.69 Å². The maximum absolute atomic E-state index is 13.8. The second-order valence-electron chi connectivity index (χ2n) is 8.82. The molecule has 5 rings (SSSR count). The minimum atomic E-state index is -0.579. The van der Waals surface area contributed by atoms with Crippen molar-refractivity contribution in [1.29, 1.82) is 0 Å². The van der Waals surface area contributed by atoms with Crippen LogP contribution in [0.15, 0.2) is 88.4 Å². The molecule has 9 nitrogen and oxygen atoms in total. The van der Waals surface area contributed by atoms with Gasteiger partial charge in [0.2, 0.25) is 0 Å². The summed E-state index contributed by atoms with van der Waals surface area (Å²) in [5.74, 6) is -0.272. The Balaban J connectivity index is 1.25. The summed E-state index contributed by atoms with van der Waals surface area (Å²) in [6.45, 7) is 4.03. The summed E-state index contributed by atoms with van der Waals surface area (Å²) >= 11 is 0. The van der Waals surface area contributed by atoms with Crippen LogP contribution in [-0.2, 0) is 6.61 Å². The molecular formula is C29H23FN4O5. The van der Waals surface area contributed by atoms with Crippen LogP contribution in [0.5, 0.6) is 5.75 Å². The monoisotopic (exact) mass is 526 g/mol. The van der Waals surface area contributed by atoms with Gasteiger partial charge in [-0.05, 0) is 62.4 Å². The Labute approximate surface area is 222 Å². The van der Waals surface area contributed by atoms with Gasteiger partial charge in [-0.1, -0.05) is 18.2 Å². The number of amides is 1. The summed E-state index contributed by atoms with van der Waals surface area (Å²) in [7, 11) is 0. The molecule has 0 fully saturated rings. The van der Waals surface area contributed by atoms with Crippen molar-refractivity contribution in [3.63, 3.8) is 0 Å². The van der Waals surface area contributed by atoms with Crippen LogP contribution in [0.2, 0.25) is 0 Å². The summed E-state index contributed by atoms with van der Waals surface area (Å²) in [5.41, 5.74) is 6.76. The molecule has 1 N–H and O–H groups in total. The fraction of sp³-hybridized carbons (Fsp3) is 0.103. The van der Waals surface area contributed by atoms with E-state index in [9.17, 15) is 19.3 Å². The largest absolute Gasteiger partial charge is 0.489 e. The second kappa shape index (κ2) is 10.6. The molecule has 196 valence electrons. The van der Waals surface area contributed by atoms with Gasteiger partial charge in [-0.3, -0.25) is 14.9 Å². The third-order valence-electron chi connectivity index (χ3n) is 6.22. The van der Waals surface area contributed by atoms with Crippen molar-refractivity contribution >= 4 is 28.8 Å². The predicted molar refractivity (Wildman–Crippen MR) is 144 cm³/mol. The van der Waals surface area contributed by atoms with Gasteiger partial charge >= 0.3 is 5.91 Å². The van der Waals surface area contributed by atoms with E-state index in [-0.39, 0.29) is 23.9 Å². The minimum absolute atomic E-state index is 0.00886. The summed E-state index contributed by atoms with van der Waals surface area (Å²) in [6, 6.07) is 21.4. The number of halogens is 1. The number of furan rings is 1. The van der Waals surface area contributed by atoms with Crippen molar-refractivity contribution in [2.45, 2.75) is 20.5 Å². The lowest BCUT2D eigenvalue weighted by Crippen LogP contribution is -2.16. The van der Waals surface area contributed by atoms with Gasteiger partial charge in [-0.25, -0.2) is 9.82 Å². The first-order valence-electron chi connectivity index (χ1n) is 12.0. The van der Waals surface area contributed by atoms with Crippen molar-refractivity contribution in [3.8, 4) is 11.4 Å². The second-order valence-corrected chi connectivity index (χ2v) is 8.82.